The number of rotatable bonds is 4. The molecular formula is C13H9F2NO3. The van der Waals surface area contributed by atoms with Crippen LogP contribution in [0.2, 0.25) is 0 Å². The average molecular weight is 265 g/mol. The smallest absolute Gasteiger partial charge is 0.335 e. The summed E-state index contributed by atoms with van der Waals surface area (Å²) in [5.74, 6) is -0.499. The number of aromatic nitrogens is 1. The van der Waals surface area contributed by atoms with Gasteiger partial charge in [0.25, 0.3) is 6.43 Å². The fraction of sp³-hybridized carbons (Fsp3) is 0.0769. The Labute approximate surface area is 107 Å². The molecule has 2 aromatic rings. The standard InChI is InChI=1S/C13H9F2NO3/c14-12(15)9-3-6-11(16-7-9)19-10-4-1-8(2-5-10)13(17)18/h1-7,12H,(H,17,18). The van der Waals surface area contributed by atoms with Crippen LogP contribution < -0.4 is 4.74 Å². The van der Waals surface area contributed by atoms with Gasteiger partial charge in [-0.05, 0) is 30.3 Å². The Bertz CT molecular complexity index is 567. The Morgan fingerprint density at radius 3 is 2.32 bits per heavy atom. The van der Waals surface area contributed by atoms with Crippen molar-refractivity contribution < 1.29 is 23.4 Å². The van der Waals surface area contributed by atoms with Crippen LogP contribution in [0, 0.1) is 0 Å². The number of pyridine rings is 1. The molecule has 0 saturated carbocycles. The quantitative estimate of drug-likeness (QED) is 0.918. The molecule has 19 heavy (non-hydrogen) atoms. The molecule has 0 atom stereocenters. The van der Waals surface area contributed by atoms with Crippen LogP contribution in [0.5, 0.6) is 11.6 Å². The molecule has 1 heterocycles. The van der Waals surface area contributed by atoms with Gasteiger partial charge in [-0.25, -0.2) is 18.6 Å². The molecule has 0 unspecified atom stereocenters. The van der Waals surface area contributed by atoms with Crippen LogP contribution in [0.3, 0.4) is 0 Å². The van der Waals surface area contributed by atoms with E-state index in [2.05, 4.69) is 4.98 Å². The third-order valence-corrected chi connectivity index (χ3v) is 2.33. The SMILES string of the molecule is O=C(O)c1ccc(Oc2ccc(C(F)F)cn2)cc1. The number of benzene rings is 1. The largest absolute Gasteiger partial charge is 0.478 e. The number of hydrogen-bond donors (Lipinski definition) is 1. The van der Waals surface area contributed by atoms with E-state index in [9.17, 15) is 13.6 Å². The molecule has 0 aliphatic heterocycles. The van der Waals surface area contributed by atoms with Crippen molar-refractivity contribution in [2.75, 3.05) is 0 Å². The number of aromatic carboxylic acids is 1. The van der Waals surface area contributed by atoms with Crippen molar-refractivity contribution >= 4 is 5.97 Å². The summed E-state index contributed by atoms with van der Waals surface area (Å²) in [5, 5.41) is 8.72. The maximum atomic E-state index is 12.3. The molecule has 6 heteroatoms. The summed E-state index contributed by atoms with van der Waals surface area (Å²) >= 11 is 0. The first-order valence-electron chi connectivity index (χ1n) is 5.31. The highest BCUT2D eigenvalue weighted by Gasteiger charge is 2.08. The minimum absolute atomic E-state index is 0.133. The lowest BCUT2D eigenvalue weighted by molar-refractivity contribution is 0.0697. The Morgan fingerprint density at radius 1 is 1.16 bits per heavy atom. The number of carboxylic acid groups (broad SMARTS) is 1. The summed E-state index contributed by atoms with van der Waals surface area (Å²) in [6.45, 7) is 0. The van der Waals surface area contributed by atoms with Gasteiger partial charge >= 0.3 is 5.97 Å². The molecule has 0 saturated heterocycles. The first-order valence-corrected chi connectivity index (χ1v) is 5.31. The van der Waals surface area contributed by atoms with Crippen molar-refractivity contribution in [1.82, 2.24) is 4.98 Å². The number of halogens is 2. The highest BCUT2D eigenvalue weighted by molar-refractivity contribution is 5.87. The molecule has 0 aliphatic carbocycles. The van der Waals surface area contributed by atoms with E-state index < -0.39 is 12.4 Å². The molecule has 0 amide bonds. The van der Waals surface area contributed by atoms with E-state index in [4.69, 9.17) is 9.84 Å². The summed E-state index contributed by atoms with van der Waals surface area (Å²) in [6.07, 6.45) is -1.54. The number of nitrogens with zero attached hydrogens (tertiary/aromatic N) is 1. The van der Waals surface area contributed by atoms with Crippen LogP contribution in [-0.4, -0.2) is 16.1 Å². The second kappa shape index (κ2) is 5.43. The van der Waals surface area contributed by atoms with Gasteiger partial charge in [-0.15, -0.1) is 0 Å². The highest BCUT2D eigenvalue weighted by Crippen LogP contribution is 2.23. The zero-order chi connectivity index (χ0) is 13.8. The van der Waals surface area contributed by atoms with Gasteiger partial charge in [-0.2, -0.15) is 0 Å². The molecule has 0 fully saturated rings. The molecular weight excluding hydrogens is 256 g/mol. The van der Waals surface area contributed by atoms with Crippen LogP contribution in [0.1, 0.15) is 22.3 Å². The van der Waals surface area contributed by atoms with E-state index in [1.165, 1.54) is 36.4 Å². The first kappa shape index (κ1) is 12.9. The van der Waals surface area contributed by atoms with Gasteiger partial charge in [-0.3, -0.25) is 0 Å². The summed E-state index contributed by atoms with van der Waals surface area (Å²) in [7, 11) is 0. The molecule has 0 spiro atoms. The van der Waals surface area contributed by atoms with Gasteiger partial charge in [-0.1, -0.05) is 0 Å². The predicted octanol–water partition coefficient (Wildman–Crippen LogP) is 3.51. The molecule has 2 rings (SSSR count). The minimum atomic E-state index is -2.57. The number of ether oxygens (including phenoxy) is 1. The van der Waals surface area contributed by atoms with Crippen LogP contribution in [0.4, 0.5) is 8.78 Å². The maximum absolute atomic E-state index is 12.3. The van der Waals surface area contributed by atoms with Crippen molar-refractivity contribution in [3.63, 3.8) is 0 Å². The van der Waals surface area contributed by atoms with Gasteiger partial charge in [0.2, 0.25) is 5.88 Å². The van der Waals surface area contributed by atoms with E-state index in [1.807, 2.05) is 0 Å². The van der Waals surface area contributed by atoms with Gasteiger partial charge in [0.15, 0.2) is 0 Å². The Balaban J connectivity index is 2.10. The Morgan fingerprint density at radius 2 is 1.84 bits per heavy atom. The Kier molecular flexibility index (Phi) is 3.70. The maximum Gasteiger partial charge on any atom is 0.335 e. The van der Waals surface area contributed by atoms with E-state index in [-0.39, 0.29) is 17.0 Å². The monoisotopic (exact) mass is 265 g/mol. The van der Waals surface area contributed by atoms with Crippen LogP contribution in [0.15, 0.2) is 42.6 Å². The lowest BCUT2D eigenvalue weighted by Crippen LogP contribution is -1.95. The van der Waals surface area contributed by atoms with E-state index in [0.29, 0.717) is 5.75 Å². The number of hydrogen-bond acceptors (Lipinski definition) is 3. The summed E-state index contributed by atoms with van der Waals surface area (Å²) in [4.78, 5) is 14.4. The zero-order valence-corrected chi connectivity index (χ0v) is 9.59. The van der Waals surface area contributed by atoms with Crippen molar-refractivity contribution in [1.29, 1.82) is 0 Å². The fourth-order valence-corrected chi connectivity index (χ4v) is 1.37. The van der Waals surface area contributed by atoms with Gasteiger partial charge in [0, 0.05) is 17.8 Å². The first-order chi connectivity index (χ1) is 9.06. The average Bonchev–Trinajstić information content (AvgIpc) is 2.40. The summed E-state index contributed by atoms with van der Waals surface area (Å²) in [5.41, 5.74) is -0.0538. The molecule has 98 valence electrons. The van der Waals surface area contributed by atoms with Crippen molar-refractivity contribution in [3.05, 3.63) is 53.7 Å². The second-order valence-corrected chi connectivity index (χ2v) is 3.66. The molecule has 1 aromatic heterocycles. The molecule has 4 nitrogen and oxygen atoms in total. The Hall–Kier alpha value is -2.50. The summed E-state index contributed by atoms with van der Waals surface area (Å²) in [6, 6.07) is 8.24. The molecule has 1 N–H and O–H groups in total. The number of carbonyl (C=O) groups is 1. The normalized spacial score (nSPS) is 10.5. The van der Waals surface area contributed by atoms with E-state index in [1.54, 1.807) is 0 Å². The van der Waals surface area contributed by atoms with Crippen molar-refractivity contribution in [2.45, 2.75) is 6.43 Å². The topological polar surface area (TPSA) is 59.4 Å². The number of alkyl halides is 2. The number of carboxylic acids is 1. The summed E-state index contributed by atoms with van der Waals surface area (Å²) < 4.78 is 29.9. The van der Waals surface area contributed by atoms with E-state index >= 15 is 0 Å². The van der Waals surface area contributed by atoms with Crippen LogP contribution in [0.25, 0.3) is 0 Å². The lowest BCUT2D eigenvalue weighted by atomic mass is 10.2. The lowest BCUT2D eigenvalue weighted by Gasteiger charge is -2.05. The third kappa shape index (κ3) is 3.25. The minimum Gasteiger partial charge on any atom is -0.478 e. The van der Waals surface area contributed by atoms with Crippen molar-refractivity contribution in [2.24, 2.45) is 0 Å². The third-order valence-electron chi connectivity index (χ3n) is 2.33. The molecule has 0 bridgehead atoms. The van der Waals surface area contributed by atoms with Crippen LogP contribution >= 0.6 is 0 Å². The second-order valence-electron chi connectivity index (χ2n) is 3.66. The molecule has 0 aliphatic rings. The zero-order valence-electron chi connectivity index (χ0n) is 9.59. The van der Waals surface area contributed by atoms with Crippen LogP contribution in [-0.2, 0) is 0 Å². The van der Waals surface area contributed by atoms with Gasteiger partial charge in [0.05, 0.1) is 5.56 Å². The van der Waals surface area contributed by atoms with Gasteiger partial charge in [0.1, 0.15) is 5.75 Å². The molecule has 0 radical (unpaired) electrons. The fourth-order valence-electron chi connectivity index (χ4n) is 1.37. The highest BCUT2D eigenvalue weighted by atomic mass is 19.3. The predicted molar refractivity (Wildman–Crippen MR) is 62.7 cm³/mol. The van der Waals surface area contributed by atoms with Gasteiger partial charge < -0.3 is 9.84 Å². The molecule has 1 aromatic carbocycles. The van der Waals surface area contributed by atoms with E-state index in [0.717, 1.165) is 6.20 Å². The van der Waals surface area contributed by atoms with Crippen molar-refractivity contribution in [3.8, 4) is 11.6 Å².